The maximum atomic E-state index is 12.7. The van der Waals surface area contributed by atoms with Crippen molar-refractivity contribution in [2.24, 2.45) is 0 Å². The Morgan fingerprint density at radius 2 is 1.96 bits per heavy atom. The molecule has 0 aromatic heterocycles. The number of amides is 1. The minimum atomic E-state index is -0.499. The van der Waals surface area contributed by atoms with Gasteiger partial charge in [-0.1, -0.05) is 30.3 Å². The smallest absolute Gasteiger partial charge is 0.410 e. The average Bonchev–Trinajstić information content (AvgIpc) is 2.82. The Morgan fingerprint density at radius 3 is 2.60 bits per heavy atom. The van der Waals surface area contributed by atoms with Crippen molar-refractivity contribution in [2.45, 2.75) is 70.3 Å². The number of hydrogen-bond acceptors (Lipinski definition) is 4. The summed E-state index contributed by atoms with van der Waals surface area (Å²) in [4.78, 5) is 17.1. The van der Waals surface area contributed by atoms with E-state index in [1.807, 2.05) is 31.7 Å². The van der Waals surface area contributed by atoms with Crippen molar-refractivity contribution in [3.63, 3.8) is 0 Å². The molecule has 2 heterocycles. The number of rotatable bonds is 4. The van der Waals surface area contributed by atoms with Crippen LogP contribution in [0.5, 0.6) is 0 Å². The molecule has 0 aliphatic carbocycles. The molecule has 1 unspecified atom stereocenters. The molecular weight excluding hydrogens is 316 g/mol. The Bertz CT molecular complexity index is 584. The highest BCUT2D eigenvalue weighted by Gasteiger charge is 2.48. The zero-order valence-corrected chi connectivity index (χ0v) is 15.5. The minimum absolute atomic E-state index is 0.0160. The maximum Gasteiger partial charge on any atom is 0.410 e. The zero-order chi connectivity index (χ0) is 18.0. The van der Waals surface area contributed by atoms with Gasteiger partial charge in [0.25, 0.3) is 0 Å². The predicted molar refractivity (Wildman–Crippen MR) is 97.2 cm³/mol. The Labute approximate surface area is 150 Å². The molecule has 0 saturated carbocycles. The van der Waals surface area contributed by atoms with Crippen LogP contribution in [0.3, 0.4) is 0 Å². The largest absolute Gasteiger partial charge is 0.444 e. The van der Waals surface area contributed by atoms with Gasteiger partial charge in [0.2, 0.25) is 0 Å². The highest BCUT2D eigenvalue weighted by Crippen LogP contribution is 2.37. The molecule has 138 valence electrons. The van der Waals surface area contributed by atoms with Crippen LogP contribution in [-0.4, -0.2) is 57.9 Å². The molecule has 3 atom stereocenters. The molecule has 5 heteroatoms. The van der Waals surface area contributed by atoms with Crippen LogP contribution < -0.4 is 0 Å². The molecule has 0 spiro atoms. The van der Waals surface area contributed by atoms with Crippen molar-refractivity contribution in [2.75, 3.05) is 13.2 Å². The van der Waals surface area contributed by atoms with E-state index in [1.165, 1.54) is 5.56 Å². The second-order valence-corrected chi connectivity index (χ2v) is 8.17. The summed E-state index contributed by atoms with van der Waals surface area (Å²) in [5, 5.41) is 9.56. The fourth-order valence-electron chi connectivity index (χ4n) is 4.20. The molecule has 2 saturated heterocycles. The Kier molecular flexibility index (Phi) is 5.35. The normalized spacial score (nSPS) is 26.7. The van der Waals surface area contributed by atoms with Gasteiger partial charge < -0.3 is 14.7 Å². The number of benzene rings is 1. The van der Waals surface area contributed by atoms with Gasteiger partial charge in [0.05, 0.1) is 6.04 Å². The van der Waals surface area contributed by atoms with Gasteiger partial charge in [-0.15, -0.1) is 0 Å². The molecule has 1 amide bonds. The third-order valence-corrected chi connectivity index (χ3v) is 5.20. The highest BCUT2D eigenvalue weighted by atomic mass is 16.6. The van der Waals surface area contributed by atoms with Crippen LogP contribution in [0.15, 0.2) is 30.3 Å². The van der Waals surface area contributed by atoms with Gasteiger partial charge in [0.1, 0.15) is 5.60 Å². The van der Waals surface area contributed by atoms with E-state index in [1.54, 1.807) is 0 Å². The van der Waals surface area contributed by atoms with Crippen LogP contribution in [0.2, 0.25) is 0 Å². The number of aliphatic hydroxyl groups excluding tert-OH is 1. The molecule has 2 aliphatic rings. The third kappa shape index (κ3) is 4.15. The summed E-state index contributed by atoms with van der Waals surface area (Å²) in [6.45, 7) is 7.36. The van der Waals surface area contributed by atoms with Crippen LogP contribution in [-0.2, 0) is 11.3 Å². The predicted octanol–water partition coefficient (Wildman–Crippen LogP) is 3.02. The highest BCUT2D eigenvalue weighted by molar-refractivity contribution is 5.69. The number of piperazine rings is 1. The van der Waals surface area contributed by atoms with Crippen LogP contribution in [0.25, 0.3) is 0 Å². The van der Waals surface area contributed by atoms with Crippen molar-refractivity contribution in [1.29, 1.82) is 0 Å². The number of carbonyl (C=O) groups is 1. The fourth-order valence-corrected chi connectivity index (χ4v) is 4.20. The topological polar surface area (TPSA) is 53.0 Å². The van der Waals surface area contributed by atoms with E-state index in [0.717, 1.165) is 19.4 Å². The molecule has 2 aliphatic heterocycles. The number of hydrogen-bond donors (Lipinski definition) is 1. The average molecular weight is 346 g/mol. The van der Waals surface area contributed by atoms with E-state index in [-0.39, 0.29) is 18.7 Å². The van der Waals surface area contributed by atoms with Crippen molar-refractivity contribution >= 4 is 6.09 Å². The Hall–Kier alpha value is -1.59. The number of fused-ring (bicyclic) bond motifs is 2. The Morgan fingerprint density at radius 1 is 1.24 bits per heavy atom. The van der Waals surface area contributed by atoms with E-state index < -0.39 is 5.60 Å². The summed E-state index contributed by atoms with van der Waals surface area (Å²) in [6, 6.07) is 11.2. The first-order valence-corrected chi connectivity index (χ1v) is 9.29. The molecule has 1 aromatic carbocycles. The van der Waals surface area contributed by atoms with Crippen LogP contribution in [0.1, 0.15) is 45.6 Å². The van der Waals surface area contributed by atoms with Gasteiger partial charge >= 0.3 is 6.09 Å². The van der Waals surface area contributed by atoms with E-state index >= 15 is 0 Å². The number of carbonyl (C=O) groups excluding carboxylic acids is 1. The van der Waals surface area contributed by atoms with Crippen molar-refractivity contribution in [3.8, 4) is 0 Å². The summed E-state index contributed by atoms with van der Waals surface area (Å²) in [5.74, 6) is 0. The summed E-state index contributed by atoms with van der Waals surface area (Å²) < 4.78 is 5.62. The van der Waals surface area contributed by atoms with Gasteiger partial charge in [-0.25, -0.2) is 4.79 Å². The second-order valence-electron chi connectivity index (χ2n) is 8.17. The molecule has 3 rings (SSSR count). The van der Waals surface area contributed by atoms with Crippen LogP contribution >= 0.6 is 0 Å². The van der Waals surface area contributed by atoms with E-state index in [2.05, 4.69) is 29.2 Å². The standard InChI is InChI=1S/C20H30N2O3/c1-20(2,3)25-19(24)22-14-16-9-10-17(18(22)11-12-23)21(16)13-15-7-5-4-6-8-15/h4-8,16-18,23H,9-14H2,1-3H3/t16-,17+,18?/m0/s1. The van der Waals surface area contributed by atoms with E-state index in [9.17, 15) is 9.90 Å². The zero-order valence-electron chi connectivity index (χ0n) is 15.5. The molecule has 25 heavy (non-hydrogen) atoms. The molecule has 0 radical (unpaired) electrons. The fraction of sp³-hybridized carbons (Fsp3) is 0.650. The number of ether oxygens (including phenoxy) is 1. The quantitative estimate of drug-likeness (QED) is 0.910. The van der Waals surface area contributed by atoms with Gasteiger partial charge in [-0.05, 0) is 45.6 Å². The van der Waals surface area contributed by atoms with Crippen molar-refractivity contribution < 1.29 is 14.6 Å². The minimum Gasteiger partial charge on any atom is -0.444 e. The molecule has 5 nitrogen and oxygen atoms in total. The lowest BCUT2D eigenvalue weighted by Gasteiger charge is -2.47. The first-order chi connectivity index (χ1) is 11.9. The van der Waals surface area contributed by atoms with E-state index in [4.69, 9.17) is 4.74 Å². The van der Waals surface area contributed by atoms with Gasteiger partial charge in [0.15, 0.2) is 0 Å². The monoisotopic (exact) mass is 346 g/mol. The molecule has 2 bridgehead atoms. The summed E-state index contributed by atoms with van der Waals surface area (Å²) in [6.07, 6.45) is 2.52. The molecule has 2 fully saturated rings. The van der Waals surface area contributed by atoms with Crippen LogP contribution in [0.4, 0.5) is 4.79 Å². The summed E-state index contributed by atoms with van der Waals surface area (Å²) in [7, 11) is 0. The third-order valence-electron chi connectivity index (χ3n) is 5.20. The Balaban J connectivity index is 1.77. The number of aliphatic hydroxyl groups is 1. The lowest BCUT2D eigenvalue weighted by Crippen LogP contribution is -2.61. The van der Waals surface area contributed by atoms with Crippen molar-refractivity contribution in [3.05, 3.63) is 35.9 Å². The van der Waals surface area contributed by atoms with Gasteiger partial charge in [0, 0.05) is 31.8 Å². The van der Waals surface area contributed by atoms with Crippen LogP contribution in [0, 0.1) is 0 Å². The van der Waals surface area contributed by atoms with Gasteiger partial charge in [-0.2, -0.15) is 0 Å². The second kappa shape index (κ2) is 7.34. The lowest BCUT2D eigenvalue weighted by molar-refractivity contribution is -0.0286. The molecule has 1 aromatic rings. The first kappa shape index (κ1) is 18.2. The molecule has 1 N–H and O–H groups in total. The first-order valence-electron chi connectivity index (χ1n) is 9.29. The number of likely N-dealkylation sites (tertiary alicyclic amines) is 1. The maximum absolute atomic E-state index is 12.7. The lowest BCUT2D eigenvalue weighted by atomic mass is 9.99. The van der Waals surface area contributed by atoms with Crippen molar-refractivity contribution in [1.82, 2.24) is 9.80 Å². The SMILES string of the molecule is CC(C)(C)OC(=O)N1C[C@@H]2CC[C@H](C1CCO)N2Cc1ccccc1. The van der Waals surface area contributed by atoms with Gasteiger partial charge in [-0.3, -0.25) is 4.90 Å². The number of nitrogens with zero attached hydrogens (tertiary/aromatic N) is 2. The molecular formula is C20H30N2O3. The summed E-state index contributed by atoms with van der Waals surface area (Å²) in [5.41, 5.74) is 0.800. The summed E-state index contributed by atoms with van der Waals surface area (Å²) >= 11 is 0. The van der Waals surface area contributed by atoms with E-state index in [0.29, 0.717) is 25.0 Å².